The molecule has 0 unspecified atom stereocenters. The Morgan fingerprint density at radius 2 is 1.69 bits per heavy atom. The molecule has 1 saturated heterocycles. The summed E-state index contributed by atoms with van der Waals surface area (Å²) in [6.07, 6.45) is 3.88. The number of ether oxygens (including phenoxy) is 1. The fraction of sp³-hybridized carbons (Fsp3) is 0.320. The molecule has 0 spiro atoms. The van der Waals surface area contributed by atoms with Crippen LogP contribution in [0.5, 0.6) is 5.75 Å². The van der Waals surface area contributed by atoms with Crippen LogP contribution in [0.25, 0.3) is 10.8 Å². The van der Waals surface area contributed by atoms with Crippen LogP contribution in [0.15, 0.2) is 66.7 Å². The molecule has 1 N–H and O–H groups in total. The van der Waals surface area contributed by atoms with Crippen molar-refractivity contribution < 1.29 is 9.53 Å². The Balaban J connectivity index is 1.43. The van der Waals surface area contributed by atoms with Crippen LogP contribution in [0.1, 0.15) is 32.6 Å². The first-order valence-corrected chi connectivity index (χ1v) is 10.5. The lowest BCUT2D eigenvalue weighted by Gasteiger charge is -2.29. The third kappa shape index (κ3) is 4.53. The number of fused-ring (bicyclic) bond motifs is 1. The van der Waals surface area contributed by atoms with Crippen molar-refractivity contribution in [2.24, 2.45) is 0 Å². The Labute approximate surface area is 172 Å². The minimum absolute atomic E-state index is 0.119. The zero-order chi connectivity index (χ0) is 20.1. The van der Waals surface area contributed by atoms with E-state index in [1.54, 1.807) is 0 Å². The van der Waals surface area contributed by atoms with E-state index in [2.05, 4.69) is 22.3 Å². The van der Waals surface area contributed by atoms with Gasteiger partial charge >= 0.3 is 0 Å². The Morgan fingerprint density at radius 3 is 2.45 bits per heavy atom. The number of carbonyl (C=O) groups is 1. The molecule has 0 bridgehead atoms. The highest BCUT2D eigenvalue weighted by Crippen LogP contribution is 2.27. The number of carbonyl (C=O) groups excluding carboxylic acids is 1. The minimum Gasteiger partial charge on any atom is -0.480 e. The SMILES string of the molecule is CC[C@H](Oc1cccc2ccccc12)C(=O)Nc1ccc(N2CCCCC2)cc1. The molecule has 1 amide bonds. The van der Waals surface area contributed by atoms with Gasteiger partial charge in [-0.15, -0.1) is 0 Å². The molecule has 0 aliphatic carbocycles. The summed E-state index contributed by atoms with van der Waals surface area (Å²) in [6.45, 7) is 4.19. The van der Waals surface area contributed by atoms with Gasteiger partial charge in [0.15, 0.2) is 6.10 Å². The lowest BCUT2D eigenvalue weighted by Crippen LogP contribution is -2.32. The highest BCUT2D eigenvalue weighted by Gasteiger charge is 2.20. The lowest BCUT2D eigenvalue weighted by atomic mass is 10.1. The van der Waals surface area contributed by atoms with Crippen molar-refractivity contribution in [2.75, 3.05) is 23.3 Å². The molecule has 3 aromatic carbocycles. The van der Waals surface area contributed by atoms with Crippen molar-refractivity contribution in [2.45, 2.75) is 38.7 Å². The van der Waals surface area contributed by atoms with Crippen LogP contribution in [0.3, 0.4) is 0 Å². The topological polar surface area (TPSA) is 41.6 Å². The van der Waals surface area contributed by atoms with E-state index in [-0.39, 0.29) is 5.91 Å². The van der Waals surface area contributed by atoms with Crippen molar-refractivity contribution in [3.8, 4) is 5.75 Å². The molecule has 150 valence electrons. The standard InChI is InChI=1S/C25H28N2O2/c1-2-23(29-24-12-8-10-19-9-4-5-11-22(19)24)25(28)26-20-13-15-21(16-14-20)27-17-6-3-7-18-27/h4-5,8-16,23H,2-3,6-7,17-18H2,1H3,(H,26,28)/t23-/m0/s1. The first kappa shape index (κ1) is 19.3. The van der Waals surface area contributed by atoms with Crippen LogP contribution in [0.2, 0.25) is 0 Å². The van der Waals surface area contributed by atoms with Gasteiger partial charge in [-0.3, -0.25) is 4.79 Å². The van der Waals surface area contributed by atoms with E-state index in [0.717, 1.165) is 35.3 Å². The van der Waals surface area contributed by atoms with Crippen molar-refractivity contribution in [3.63, 3.8) is 0 Å². The average molecular weight is 389 g/mol. The summed E-state index contributed by atoms with van der Waals surface area (Å²) in [5.74, 6) is 0.622. The number of piperidine rings is 1. The number of hydrogen-bond donors (Lipinski definition) is 1. The van der Waals surface area contributed by atoms with Gasteiger partial charge in [0, 0.05) is 29.9 Å². The smallest absolute Gasteiger partial charge is 0.265 e. The van der Waals surface area contributed by atoms with Gasteiger partial charge < -0.3 is 15.0 Å². The molecule has 0 saturated carbocycles. The summed E-state index contributed by atoms with van der Waals surface area (Å²) in [7, 11) is 0. The summed E-state index contributed by atoms with van der Waals surface area (Å²) in [6, 6.07) is 22.1. The third-order valence-electron chi connectivity index (χ3n) is 5.54. The number of anilines is 2. The van der Waals surface area contributed by atoms with E-state index in [0.29, 0.717) is 6.42 Å². The second kappa shape index (κ2) is 8.99. The lowest BCUT2D eigenvalue weighted by molar-refractivity contribution is -0.122. The highest BCUT2D eigenvalue weighted by atomic mass is 16.5. The minimum atomic E-state index is -0.539. The summed E-state index contributed by atoms with van der Waals surface area (Å²) in [4.78, 5) is 15.2. The molecule has 0 radical (unpaired) electrons. The Kier molecular flexibility index (Phi) is 5.99. The third-order valence-corrected chi connectivity index (χ3v) is 5.54. The van der Waals surface area contributed by atoms with Gasteiger partial charge in [0.05, 0.1) is 0 Å². The molecule has 4 rings (SSSR count). The zero-order valence-corrected chi connectivity index (χ0v) is 16.9. The monoisotopic (exact) mass is 388 g/mol. The summed E-state index contributed by atoms with van der Waals surface area (Å²) < 4.78 is 6.11. The molecule has 3 aromatic rings. The Morgan fingerprint density at radius 1 is 0.966 bits per heavy atom. The quantitative estimate of drug-likeness (QED) is 0.595. The molecular formula is C25H28N2O2. The summed E-state index contributed by atoms with van der Waals surface area (Å²) >= 11 is 0. The van der Waals surface area contributed by atoms with Crippen LogP contribution in [0, 0.1) is 0 Å². The second-order valence-corrected chi connectivity index (χ2v) is 7.58. The molecule has 1 atom stereocenters. The van der Waals surface area contributed by atoms with Crippen molar-refractivity contribution in [1.29, 1.82) is 0 Å². The first-order chi connectivity index (χ1) is 14.2. The Bertz CT molecular complexity index is 957. The number of benzene rings is 3. The molecule has 29 heavy (non-hydrogen) atoms. The fourth-order valence-electron chi connectivity index (χ4n) is 3.90. The van der Waals surface area contributed by atoms with E-state index in [1.807, 2.05) is 61.5 Å². The number of nitrogens with zero attached hydrogens (tertiary/aromatic N) is 1. The molecule has 1 aliphatic heterocycles. The predicted molar refractivity (Wildman–Crippen MR) is 120 cm³/mol. The molecule has 4 heteroatoms. The average Bonchev–Trinajstić information content (AvgIpc) is 2.78. The Hall–Kier alpha value is -3.01. The van der Waals surface area contributed by atoms with Gasteiger partial charge in [0.25, 0.3) is 5.91 Å². The molecule has 1 fully saturated rings. The maximum atomic E-state index is 12.8. The highest BCUT2D eigenvalue weighted by molar-refractivity contribution is 5.95. The molecule has 4 nitrogen and oxygen atoms in total. The van der Waals surface area contributed by atoms with Crippen LogP contribution in [-0.4, -0.2) is 25.1 Å². The van der Waals surface area contributed by atoms with E-state index >= 15 is 0 Å². The van der Waals surface area contributed by atoms with Gasteiger partial charge in [-0.25, -0.2) is 0 Å². The van der Waals surface area contributed by atoms with Crippen molar-refractivity contribution >= 4 is 28.1 Å². The van der Waals surface area contributed by atoms with E-state index in [9.17, 15) is 4.79 Å². The fourth-order valence-corrected chi connectivity index (χ4v) is 3.90. The van der Waals surface area contributed by atoms with E-state index in [1.165, 1.54) is 24.9 Å². The van der Waals surface area contributed by atoms with Gasteiger partial charge in [-0.1, -0.05) is 43.3 Å². The maximum Gasteiger partial charge on any atom is 0.265 e. The van der Waals surface area contributed by atoms with Gasteiger partial charge in [0.1, 0.15) is 5.75 Å². The van der Waals surface area contributed by atoms with Crippen LogP contribution in [-0.2, 0) is 4.79 Å². The van der Waals surface area contributed by atoms with Gasteiger partial charge in [-0.2, -0.15) is 0 Å². The summed E-state index contributed by atoms with van der Waals surface area (Å²) in [5.41, 5.74) is 2.03. The number of amides is 1. The van der Waals surface area contributed by atoms with Gasteiger partial charge in [0.2, 0.25) is 0 Å². The van der Waals surface area contributed by atoms with Gasteiger partial charge in [-0.05, 0) is 61.4 Å². The largest absolute Gasteiger partial charge is 0.480 e. The number of rotatable bonds is 6. The first-order valence-electron chi connectivity index (χ1n) is 10.5. The van der Waals surface area contributed by atoms with Crippen molar-refractivity contribution in [1.82, 2.24) is 0 Å². The molecule has 1 aliphatic rings. The van der Waals surface area contributed by atoms with E-state index < -0.39 is 6.10 Å². The molecule has 1 heterocycles. The molecular weight excluding hydrogens is 360 g/mol. The molecule has 0 aromatic heterocycles. The van der Waals surface area contributed by atoms with Crippen LogP contribution >= 0.6 is 0 Å². The zero-order valence-electron chi connectivity index (χ0n) is 16.9. The van der Waals surface area contributed by atoms with Crippen LogP contribution < -0.4 is 15.0 Å². The maximum absolute atomic E-state index is 12.8. The normalized spacial score (nSPS) is 15.1. The van der Waals surface area contributed by atoms with Crippen LogP contribution in [0.4, 0.5) is 11.4 Å². The second-order valence-electron chi connectivity index (χ2n) is 7.58. The van der Waals surface area contributed by atoms with E-state index in [4.69, 9.17) is 4.74 Å². The summed E-state index contributed by atoms with van der Waals surface area (Å²) in [5, 5.41) is 5.13. The number of hydrogen-bond acceptors (Lipinski definition) is 3. The van der Waals surface area contributed by atoms with Crippen molar-refractivity contribution in [3.05, 3.63) is 66.7 Å². The number of nitrogens with one attached hydrogen (secondary N) is 1. The predicted octanol–water partition coefficient (Wildman–Crippen LogP) is 5.63.